The molecule has 1 atom stereocenters. The van der Waals surface area contributed by atoms with Crippen LogP contribution in [0.2, 0.25) is 0 Å². The molecule has 0 heterocycles. The van der Waals surface area contributed by atoms with Gasteiger partial charge in [-0.15, -0.1) is 0 Å². The van der Waals surface area contributed by atoms with Crippen LogP contribution in [0.4, 0.5) is 0 Å². The summed E-state index contributed by atoms with van der Waals surface area (Å²) in [4.78, 5) is 23.3. The van der Waals surface area contributed by atoms with Crippen molar-refractivity contribution >= 4 is 11.9 Å². The molecule has 1 aliphatic carbocycles. The lowest BCUT2D eigenvalue weighted by molar-refractivity contribution is -0.139. The lowest BCUT2D eigenvalue weighted by atomic mass is 9.97. The molecule has 0 bridgehead atoms. The number of benzene rings is 2. The van der Waals surface area contributed by atoms with Crippen molar-refractivity contribution in [2.24, 2.45) is 5.92 Å². The molecule has 0 spiro atoms. The molecule has 5 nitrogen and oxygen atoms in total. The average Bonchev–Trinajstić information content (AvgIpc) is 3.44. The first-order valence-corrected chi connectivity index (χ1v) is 8.35. The van der Waals surface area contributed by atoms with E-state index in [1.807, 2.05) is 12.1 Å². The number of carboxylic acid groups (broad SMARTS) is 1. The highest BCUT2D eigenvalue weighted by Gasteiger charge is 2.34. The molecule has 1 aliphatic rings. The summed E-state index contributed by atoms with van der Waals surface area (Å²) in [6.45, 7) is 1.62. The summed E-state index contributed by atoms with van der Waals surface area (Å²) >= 11 is 0. The topological polar surface area (TPSA) is 75.6 Å². The fraction of sp³-hybridized carbons (Fsp3) is 0.300. The first kappa shape index (κ1) is 17.0. The molecule has 0 saturated heterocycles. The molecule has 3 rings (SSSR count). The van der Waals surface area contributed by atoms with Crippen LogP contribution in [-0.2, 0) is 4.79 Å². The minimum Gasteiger partial charge on any atom is -0.482 e. The third-order valence-corrected chi connectivity index (χ3v) is 4.36. The maximum Gasteiger partial charge on any atom is 0.341 e. The summed E-state index contributed by atoms with van der Waals surface area (Å²) in [5, 5.41) is 11.8. The number of carbonyl (C=O) groups is 2. The second-order valence-electron chi connectivity index (χ2n) is 6.36. The predicted octanol–water partition coefficient (Wildman–Crippen LogP) is 3.34. The smallest absolute Gasteiger partial charge is 0.341 e. The van der Waals surface area contributed by atoms with E-state index in [0.717, 1.165) is 18.4 Å². The van der Waals surface area contributed by atoms with E-state index in [2.05, 4.69) is 24.4 Å². The number of aliphatic carboxylic acids is 1. The standard InChI is InChI=1S/C20H21NO4/c1-13-5-2-3-8-17(13)19(14-9-10-14)21-20(24)15-6-4-7-16(11-15)25-12-18(22)23/h2-8,11,14,19H,9-10,12H2,1H3,(H,21,24)(H,22,23). The monoisotopic (exact) mass is 339 g/mol. The zero-order valence-electron chi connectivity index (χ0n) is 14.1. The number of carboxylic acids is 1. The number of hydrogen-bond acceptors (Lipinski definition) is 3. The highest BCUT2D eigenvalue weighted by molar-refractivity contribution is 5.95. The quantitative estimate of drug-likeness (QED) is 0.811. The first-order chi connectivity index (χ1) is 12.0. The molecule has 25 heavy (non-hydrogen) atoms. The van der Waals surface area contributed by atoms with Gasteiger partial charge in [-0.3, -0.25) is 4.79 Å². The molecule has 130 valence electrons. The van der Waals surface area contributed by atoms with E-state index >= 15 is 0 Å². The fourth-order valence-electron chi connectivity index (χ4n) is 2.91. The Balaban J connectivity index is 1.75. The molecule has 0 radical (unpaired) electrons. The van der Waals surface area contributed by atoms with Crippen molar-refractivity contribution in [2.75, 3.05) is 6.61 Å². The molecule has 0 aromatic heterocycles. The van der Waals surface area contributed by atoms with E-state index in [0.29, 0.717) is 17.2 Å². The molecule has 5 heteroatoms. The summed E-state index contributed by atoms with van der Waals surface area (Å²) < 4.78 is 5.15. The van der Waals surface area contributed by atoms with Crippen molar-refractivity contribution in [3.8, 4) is 5.75 Å². The summed E-state index contributed by atoms with van der Waals surface area (Å²) in [5.74, 6) is -0.394. The van der Waals surface area contributed by atoms with Gasteiger partial charge in [0.15, 0.2) is 6.61 Å². The van der Waals surface area contributed by atoms with E-state index in [4.69, 9.17) is 9.84 Å². The summed E-state index contributed by atoms with van der Waals surface area (Å²) in [6, 6.07) is 14.7. The largest absolute Gasteiger partial charge is 0.482 e. The van der Waals surface area contributed by atoms with Crippen LogP contribution in [-0.4, -0.2) is 23.6 Å². The first-order valence-electron chi connectivity index (χ1n) is 8.35. The number of aryl methyl sites for hydroxylation is 1. The molecule has 1 amide bonds. The Morgan fingerprint density at radius 2 is 1.96 bits per heavy atom. The van der Waals surface area contributed by atoms with Gasteiger partial charge in [-0.2, -0.15) is 0 Å². The van der Waals surface area contributed by atoms with Gasteiger partial charge in [0.05, 0.1) is 6.04 Å². The van der Waals surface area contributed by atoms with Crippen LogP contribution >= 0.6 is 0 Å². The Morgan fingerprint density at radius 3 is 2.64 bits per heavy atom. The fourth-order valence-corrected chi connectivity index (χ4v) is 2.91. The summed E-state index contributed by atoms with van der Waals surface area (Å²) in [5.41, 5.74) is 2.77. The van der Waals surface area contributed by atoms with Crippen molar-refractivity contribution < 1.29 is 19.4 Å². The Hall–Kier alpha value is -2.82. The minimum absolute atomic E-state index is 0.00251. The van der Waals surface area contributed by atoms with Crippen molar-refractivity contribution in [3.05, 3.63) is 65.2 Å². The number of amides is 1. The zero-order valence-corrected chi connectivity index (χ0v) is 14.1. The van der Waals surface area contributed by atoms with Gasteiger partial charge in [-0.1, -0.05) is 30.3 Å². The minimum atomic E-state index is -1.05. The highest BCUT2D eigenvalue weighted by Crippen LogP contribution is 2.42. The third-order valence-electron chi connectivity index (χ3n) is 4.36. The van der Waals surface area contributed by atoms with Crippen LogP contribution in [0.3, 0.4) is 0 Å². The molecular formula is C20H21NO4. The van der Waals surface area contributed by atoms with E-state index in [1.54, 1.807) is 24.3 Å². The van der Waals surface area contributed by atoms with Crippen LogP contribution in [0, 0.1) is 12.8 Å². The van der Waals surface area contributed by atoms with Crippen LogP contribution in [0.5, 0.6) is 5.75 Å². The van der Waals surface area contributed by atoms with Gasteiger partial charge in [0.2, 0.25) is 0 Å². The molecule has 1 fully saturated rings. The number of carbonyl (C=O) groups excluding carboxylic acids is 1. The number of nitrogens with one attached hydrogen (secondary N) is 1. The molecule has 1 unspecified atom stereocenters. The number of ether oxygens (including phenoxy) is 1. The highest BCUT2D eigenvalue weighted by atomic mass is 16.5. The van der Waals surface area contributed by atoms with Gasteiger partial charge < -0.3 is 15.2 Å². The number of hydrogen-bond donors (Lipinski definition) is 2. The Labute approximate surface area is 146 Å². The SMILES string of the molecule is Cc1ccccc1C(NC(=O)c1cccc(OCC(=O)O)c1)C1CC1. The Kier molecular flexibility index (Phi) is 5.03. The molecule has 2 aromatic rings. The molecule has 1 saturated carbocycles. The van der Waals surface area contributed by atoms with E-state index in [-0.39, 0.29) is 11.9 Å². The van der Waals surface area contributed by atoms with E-state index in [9.17, 15) is 9.59 Å². The second-order valence-corrected chi connectivity index (χ2v) is 6.36. The van der Waals surface area contributed by atoms with Crippen LogP contribution in [0.15, 0.2) is 48.5 Å². The number of rotatable bonds is 7. The van der Waals surface area contributed by atoms with Crippen molar-refractivity contribution in [1.29, 1.82) is 0 Å². The summed E-state index contributed by atoms with van der Waals surface area (Å²) in [7, 11) is 0. The molecular weight excluding hydrogens is 318 g/mol. The van der Waals surface area contributed by atoms with Crippen LogP contribution in [0.1, 0.15) is 40.4 Å². The van der Waals surface area contributed by atoms with Gasteiger partial charge >= 0.3 is 5.97 Å². The lowest BCUT2D eigenvalue weighted by Crippen LogP contribution is -2.30. The predicted molar refractivity (Wildman–Crippen MR) is 93.7 cm³/mol. The lowest BCUT2D eigenvalue weighted by Gasteiger charge is -2.21. The molecule has 0 aliphatic heterocycles. The van der Waals surface area contributed by atoms with Gasteiger partial charge in [0.1, 0.15) is 5.75 Å². The van der Waals surface area contributed by atoms with Crippen molar-refractivity contribution in [1.82, 2.24) is 5.32 Å². The average molecular weight is 339 g/mol. The molecule has 2 aromatic carbocycles. The van der Waals surface area contributed by atoms with Crippen LogP contribution in [0.25, 0.3) is 0 Å². The normalized spacial score (nSPS) is 14.6. The second kappa shape index (κ2) is 7.38. The van der Waals surface area contributed by atoms with Gasteiger partial charge in [0, 0.05) is 5.56 Å². The van der Waals surface area contributed by atoms with Gasteiger partial charge in [0.25, 0.3) is 5.91 Å². The van der Waals surface area contributed by atoms with E-state index < -0.39 is 12.6 Å². The van der Waals surface area contributed by atoms with Gasteiger partial charge in [-0.05, 0) is 55.0 Å². The van der Waals surface area contributed by atoms with Crippen LogP contribution < -0.4 is 10.1 Å². The maximum atomic E-state index is 12.7. The molecule has 2 N–H and O–H groups in total. The third kappa shape index (κ3) is 4.38. The Bertz CT molecular complexity index is 783. The van der Waals surface area contributed by atoms with Crippen molar-refractivity contribution in [3.63, 3.8) is 0 Å². The maximum absolute atomic E-state index is 12.7. The van der Waals surface area contributed by atoms with Crippen molar-refractivity contribution in [2.45, 2.75) is 25.8 Å². The summed E-state index contributed by atoms with van der Waals surface area (Å²) in [6.07, 6.45) is 2.22. The Morgan fingerprint density at radius 1 is 1.20 bits per heavy atom. The van der Waals surface area contributed by atoms with E-state index in [1.165, 1.54) is 5.56 Å². The zero-order chi connectivity index (χ0) is 17.8. The van der Waals surface area contributed by atoms with Gasteiger partial charge in [-0.25, -0.2) is 4.79 Å².